The number of aliphatic hydroxyl groups excluding tert-OH is 1. The van der Waals surface area contributed by atoms with Gasteiger partial charge in [0, 0.05) is 24.3 Å². The van der Waals surface area contributed by atoms with Gasteiger partial charge in [0.1, 0.15) is 5.52 Å². The molecule has 0 amide bonds. The topological polar surface area (TPSA) is 143 Å². The van der Waals surface area contributed by atoms with Crippen LogP contribution in [-0.2, 0) is 11.1 Å². The minimum atomic E-state index is -2.37. The van der Waals surface area contributed by atoms with E-state index >= 15 is 0 Å². The summed E-state index contributed by atoms with van der Waals surface area (Å²) in [6, 6.07) is -0.258. The molecule has 10 heteroatoms. The molecule has 2 aromatic rings. The Kier molecular flexibility index (Phi) is 5.80. The number of H-pyrrole nitrogens is 2. The summed E-state index contributed by atoms with van der Waals surface area (Å²) in [6.45, 7) is 0.423. The predicted octanol–water partition coefficient (Wildman–Crippen LogP) is -0.680. The van der Waals surface area contributed by atoms with Crippen LogP contribution in [0.5, 0.6) is 0 Å². The molecule has 0 aliphatic carbocycles. The SMILES string of the molecule is O=c1[nH]cnc2c(CN[C@@H](CO)CCOP(O)O)c[nH]c12. The Hall–Kier alpha value is -1.35. The third kappa shape index (κ3) is 4.31. The highest BCUT2D eigenvalue weighted by Gasteiger charge is 2.12. The molecule has 0 radical (unpaired) electrons. The molecular weight excluding hydrogens is 299 g/mol. The lowest BCUT2D eigenvalue weighted by Gasteiger charge is -2.15. The van der Waals surface area contributed by atoms with Gasteiger partial charge in [-0.15, -0.1) is 0 Å². The first-order valence-electron chi connectivity index (χ1n) is 6.30. The maximum Gasteiger partial charge on any atom is 0.327 e. The van der Waals surface area contributed by atoms with Crippen LogP contribution in [0.15, 0.2) is 17.3 Å². The first-order valence-corrected chi connectivity index (χ1v) is 7.47. The number of aromatic nitrogens is 3. The van der Waals surface area contributed by atoms with Gasteiger partial charge in [-0.1, -0.05) is 0 Å². The molecule has 0 aliphatic rings. The number of hydrogen-bond donors (Lipinski definition) is 6. The van der Waals surface area contributed by atoms with Gasteiger partial charge in [-0.25, -0.2) is 4.98 Å². The fraction of sp³-hybridized carbons (Fsp3) is 0.455. The van der Waals surface area contributed by atoms with Crippen LogP contribution >= 0.6 is 8.60 Å². The molecule has 0 saturated heterocycles. The lowest BCUT2D eigenvalue weighted by atomic mass is 10.2. The van der Waals surface area contributed by atoms with E-state index in [2.05, 4.69) is 24.8 Å². The van der Waals surface area contributed by atoms with Crippen molar-refractivity contribution in [2.75, 3.05) is 13.2 Å². The third-order valence-corrected chi connectivity index (χ3v) is 3.44. The van der Waals surface area contributed by atoms with Crippen LogP contribution in [0.1, 0.15) is 12.0 Å². The smallest absolute Gasteiger partial charge is 0.327 e. The molecule has 0 bridgehead atoms. The Balaban J connectivity index is 1.94. The number of nitrogens with zero attached hydrogens (tertiary/aromatic N) is 1. The van der Waals surface area contributed by atoms with Crippen molar-refractivity contribution in [2.24, 2.45) is 0 Å². The average Bonchev–Trinajstić information content (AvgIpc) is 2.87. The van der Waals surface area contributed by atoms with Gasteiger partial charge in [0.15, 0.2) is 0 Å². The highest BCUT2D eigenvalue weighted by molar-refractivity contribution is 7.39. The van der Waals surface area contributed by atoms with Crippen molar-refractivity contribution < 1.29 is 19.4 Å². The van der Waals surface area contributed by atoms with Crippen molar-refractivity contribution >= 4 is 19.6 Å². The van der Waals surface area contributed by atoms with E-state index in [1.165, 1.54) is 6.33 Å². The van der Waals surface area contributed by atoms with E-state index in [1.807, 2.05) is 0 Å². The lowest BCUT2D eigenvalue weighted by molar-refractivity contribution is 0.195. The summed E-state index contributed by atoms with van der Waals surface area (Å²) in [7, 11) is -2.37. The van der Waals surface area contributed by atoms with Gasteiger partial charge in [0.05, 0.1) is 25.1 Å². The van der Waals surface area contributed by atoms with Gasteiger partial charge < -0.3 is 34.7 Å². The molecule has 2 aromatic heterocycles. The van der Waals surface area contributed by atoms with Crippen molar-refractivity contribution in [3.05, 3.63) is 28.4 Å². The van der Waals surface area contributed by atoms with Crippen LogP contribution in [-0.4, -0.2) is 49.1 Å². The second-order valence-corrected chi connectivity index (χ2v) is 5.17. The molecule has 0 saturated carbocycles. The summed E-state index contributed by atoms with van der Waals surface area (Å²) in [5.41, 5.74) is 1.55. The van der Waals surface area contributed by atoms with Crippen LogP contribution in [0.3, 0.4) is 0 Å². The monoisotopic (exact) mass is 316 g/mol. The molecule has 6 N–H and O–H groups in total. The summed E-state index contributed by atoms with van der Waals surface area (Å²) in [5.74, 6) is 0. The molecule has 2 rings (SSSR count). The Labute approximate surface area is 121 Å². The average molecular weight is 316 g/mol. The van der Waals surface area contributed by atoms with Crippen molar-refractivity contribution in [1.82, 2.24) is 20.3 Å². The summed E-state index contributed by atoms with van der Waals surface area (Å²) in [5, 5.41) is 12.4. The molecule has 0 aromatic carbocycles. The largest absolute Gasteiger partial charge is 0.395 e. The molecule has 2 heterocycles. The van der Waals surface area contributed by atoms with Crippen molar-refractivity contribution in [3.63, 3.8) is 0 Å². The van der Waals surface area contributed by atoms with Crippen molar-refractivity contribution in [3.8, 4) is 0 Å². The minimum absolute atomic E-state index is 0.117. The zero-order valence-corrected chi connectivity index (χ0v) is 12.0. The highest BCUT2D eigenvalue weighted by atomic mass is 31.2. The van der Waals surface area contributed by atoms with Gasteiger partial charge in [-0.05, 0) is 6.42 Å². The zero-order valence-electron chi connectivity index (χ0n) is 11.1. The molecule has 1 atom stereocenters. The van der Waals surface area contributed by atoms with Crippen molar-refractivity contribution in [2.45, 2.75) is 19.0 Å². The van der Waals surface area contributed by atoms with Gasteiger partial charge in [0.25, 0.3) is 5.56 Å². The quantitative estimate of drug-likeness (QED) is 0.354. The van der Waals surface area contributed by atoms with Crippen LogP contribution in [0.4, 0.5) is 0 Å². The van der Waals surface area contributed by atoms with E-state index in [0.717, 1.165) is 5.56 Å². The number of aromatic amines is 2. The van der Waals surface area contributed by atoms with E-state index in [4.69, 9.17) is 9.79 Å². The molecule has 0 fully saturated rings. The molecular formula is C11H17N4O5P. The van der Waals surface area contributed by atoms with E-state index in [1.54, 1.807) is 6.20 Å². The molecule has 21 heavy (non-hydrogen) atoms. The number of nitrogens with one attached hydrogen (secondary N) is 3. The zero-order chi connectivity index (χ0) is 15.2. The molecule has 116 valence electrons. The van der Waals surface area contributed by atoms with Gasteiger partial charge in [-0.3, -0.25) is 4.79 Å². The fourth-order valence-corrected chi connectivity index (χ4v) is 2.20. The normalized spacial score (nSPS) is 13.1. The van der Waals surface area contributed by atoms with Crippen LogP contribution in [0, 0.1) is 0 Å². The maximum absolute atomic E-state index is 11.5. The molecule has 0 aliphatic heterocycles. The highest BCUT2D eigenvalue weighted by Crippen LogP contribution is 2.24. The summed E-state index contributed by atoms with van der Waals surface area (Å²) in [4.78, 5) is 38.3. The van der Waals surface area contributed by atoms with E-state index in [0.29, 0.717) is 24.0 Å². The fourth-order valence-electron chi connectivity index (χ4n) is 1.93. The van der Waals surface area contributed by atoms with Gasteiger partial charge >= 0.3 is 8.60 Å². The van der Waals surface area contributed by atoms with E-state index in [9.17, 15) is 9.90 Å². The maximum atomic E-state index is 11.5. The lowest BCUT2D eigenvalue weighted by Crippen LogP contribution is -2.33. The number of rotatable bonds is 8. The Morgan fingerprint density at radius 2 is 2.24 bits per heavy atom. The first-order chi connectivity index (χ1) is 10.1. The summed E-state index contributed by atoms with van der Waals surface area (Å²) in [6.07, 6.45) is 3.45. The number of aliphatic hydroxyl groups is 1. The van der Waals surface area contributed by atoms with Gasteiger partial charge in [0.2, 0.25) is 0 Å². The van der Waals surface area contributed by atoms with Crippen molar-refractivity contribution in [1.29, 1.82) is 0 Å². The number of fused-ring (bicyclic) bond motifs is 1. The van der Waals surface area contributed by atoms with Crippen LogP contribution in [0.2, 0.25) is 0 Å². The van der Waals surface area contributed by atoms with Crippen LogP contribution in [0.25, 0.3) is 11.0 Å². The van der Waals surface area contributed by atoms with Crippen LogP contribution < -0.4 is 10.9 Å². The Morgan fingerprint density at radius 3 is 2.95 bits per heavy atom. The summed E-state index contributed by atoms with van der Waals surface area (Å²) >= 11 is 0. The second kappa shape index (κ2) is 7.60. The third-order valence-electron chi connectivity index (χ3n) is 3.02. The predicted molar refractivity (Wildman–Crippen MR) is 76.4 cm³/mol. The van der Waals surface area contributed by atoms with E-state index < -0.39 is 8.60 Å². The molecule has 9 nitrogen and oxygen atoms in total. The second-order valence-electron chi connectivity index (χ2n) is 4.40. The first kappa shape index (κ1) is 16.0. The molecule has 0 unspecified atom stereocenters. The Bertz CT molecular complexity index is 628. The van der Waals surface area contributed by atoms with E-state index in [-0.39, 0.29) is 24.8 Å². The van der Waals surface area contributed by atoms with Gasteiger partial charge in [-0.2, -0.15) is 0 Å². The minimum Gasteiger partial charge on any atom is -0.395 e. The number of hydrogen-bond acceptors (Lipinski definition) is 7. The summed E-state index contributed by atoms with van der Waals surface area (Å²) < 4.78 is 4.66. The Morgan fingerprint density at radius 1 is 1.43 bits per heavy atom. The standard InChI is InChI=1S/C11H17N4O5P/c16-5-8(1-2-20-21(18)19)12-3-7-4-13-10-9(7)14-6-15-11(10)17/h4,6,8,12-13,16,18-19H,1-3,5H2,(H,14,15,17)/t8-/m1/s1. The molecule has 0 spiro atoms.